The summed E-state index contributed by atoms with van der Waals surface area (Å²) >= 11 is 1.61. The summed E-state index contributed by atoms with van der Waals surface area (Å²) in [5.74, 6) is 0.575. The standard InChI is InChI=1S/C14H14N4S/c1-9-5-6-11(8-10(9)2)18-14(15)13(16-17-18)12-4-3-7-19-12/h3-8H,15H2,1-2H3. The third-order valence-corrected chi connectivity index (χ3v) is 4.07. The van der Waals surface area contributed by atoms with Gasteiger partial charge in [0.25, 0.3) is 0 Å². The zero-order valence-corrected chi connectivity index (χ0v) is 11.6. The molecule has 0 saturated heterocycles. The fourth-order valence-corrected chi connectivity index (χ4v) is 2.64. The minimum absolute atomic E-state index is 0.575. The van der Waals surface area contributed by atoms with Crippen LogP contribution in [0.2, 0.25) is 0 Å². The van der Waals surface area contributed by atoms with Crippen molar-refractivity contribution in [3.05, 3.63) is 46.8 Å². The van der Waals surface area contributed by atoms with E-state index >= 15 is 0 Å². The van der Waals surface area contributed by atoms with Gasteiger partial charge >= 0.3 is 0 Å². The SMILES string of the molecule is Cc1ccc(-n2nnc(-c3cccs3)c2N)cc1C. The molecule has 0 spiro atoms. The molecule has 0 aliphatic rings. The molecule has 2 aromatic heterocycles. The molecule has 0 atom stereocenters. The van der Waals surface area contributed by atoms with E-state index in [1.165, 1.54) is 11.1 Å². The average Bonchev–Trinajstić information content (AvgIpc) is 3.02. The van der Waals surface area contributed by atoms with Gasteiger partial charge in [0.1, 0.15) is 5.69 Å². The van der Waals surface area contributed by atoms with Gasteiger partial charge in [-0.15, -0.1) is 16.4 Å². The highest BCUT2D eigenvalue weighted by Crippen LogP contribution is 2.29. The van der Waals surface area contributed by atoms with Gasteiger partial charge in [-0.05, 0) is 48.6 Å². The summed E-state index contributed by atoms with van der Waals surface area (Å²) in [5.41, 5.74) is 10.3. The monoisotopic (exact) mass is 270 g/mol. The molecule has 4 nitrogen and oxygen atoms in total. The zero-order valence-electron chi connectivity index (χ0n) is 10.8. The van der Waals surface area contributed by atoms with Crippen LogP contribution < -0.4 is 5.73 Å². The van der Waals surface area contributed by atoms with Gasteiger partial charge in [0.05, 0.1) is 10.6 Å². The van der Waals surface area contributed by atoms with Crippen molar-refractivity contribution in [1.82, 2.24) is 15.0 Å². The Morgan fingerprint density at radius 2 is 2.00 bits per heavy atom. The van der Waals surface area contributed by atoms with Crippen molar-refractivity contribution in [3.8, 4) is 16.3 Å². The first-order valence-electron chi connectivity index (χ1n) is 5.99. The first-order valence-corrected chi connectivity index (χ1v) is 6.87. The normalized spacial score (nSPS) is 10.8. The number of nitrogen functional groups attached to an aromatic ring is 1. The van der Waals surface area contributed by atoms with E-state index in [0.717, 1.165) is 16.3 Å². The Morgan fingerprint density at radius 1 is 1.16 bits per heavy atom. The van der Waals surface area contributed by atoms with E-state index in [9.17, 15) is 0 Å². The molecule has 0 radical (unpaired) electrons. The molecule has 3 rings (SSSR count). The van der Waals surface area contributed by atoms with Crippen LogP contribution in [0, 0.1) is 13.8 Å². The van der Waals surface area contributed by atoms with Crippen LogP contribution in [0.5, 0.6) is 0 Å². The van der Waals surface area contributed by atoms with Crippen LogP contribution in [0.4, 0.5) is 5.82 Å². The molecule has 0 amide bonds. The van der Waals surface area contributed by atoms with Gasteiger partial charge in [0.15, 0.2) is 5.82 Å². The second kappa shape index (κ2) is 4.51. The second-order valence-corrected chi connectivity index (χ2v) is 5.43. The Hall–Kier alpha value is -2.14. The lowest BCUT2D eigenvalue weighted by Gasteiger charge is -2.06. The molecule has 1 aromatic carbocycles. The van der Waals surface area contributed by atoms with E-state index in [-0.39, 0.29) is 0 Å². The number of aryl methyl sites for hydroxylation is 2. The number of rotatable bonds is 2. The molecule has 0 bridgehead atoms. The van der Waals surface area contributed by atoms with Crippen LogP contribution in [-0.4, -0.2) is 15.0 Å². The quantitative estimate of drug-likeness (QED) is 0.778. The summed E-state index contributed by atoms with van der Waals surface area (Å²) in [6, 6.07) is 10.1. The van der Waals surface area contributed by atoms with Gasteiger partial charge in [0.2, 0.25) is 0 Å². The van der Waals surface area contributed by atoms with Crippen LogP contribution >= 0.6 is 11.3 Å². The van der Waals surface area contributed by atoms with Crippen LogP contribution in [0.3, 0.4) is 0 Å². The molecule has 3 aromatic rings. The van der Waals surface area contributed by atoms with Gasteiger partial charge < -0.3 is 5.73 Å². The van der Waals surface area contributed by atoms with Crippen molar-refractivity contribution in [2.24, 2.45) is 0 Å². The number of thiophene rings is 1. The van der Waals surface area contributed by atoms with Gasteiger partial charge in [-0.2, -0.15) is 4.68 Å². The lowest BCUT2D eigenvalue weighted by atomic mass is 10.1. The summed E-state index contributed by atoms with van der Waals surface area (Å²) in [6.07, 6.45) is 0. The zero-order chi connectivity index (χ0) is 13.4. The highest BCUT2D eigenvalue weighted by molar-refractivity contribution is 7.13. The van der Waals surface area contributed by atoms with Crippen molar-refractivity contribution in [3.63, 3.8) is 0 Å². The molecule has 0 aliphatic carbocycles. The first kappa shape index (κ1) is 11.9. The minimum atomic E-state index is 0.575. The number of hydrogen-bond donors (Lipinski definition) is 1. The predicted octanol–water partition coefficient (Wildman–Crippen LogP) is 3.19. The summed E-state index contributed by atoms with van der Waals surface area (Å²) in [6.45, 7) is 4.16. The minimum Gasteiger partial charge on any atom is -0.382 e. The van der Waals surface area contributed by atoms with Gasteiger partial charge in [-0.25, -0.2) is 0 Å². The summed E-state index contributed by atoms with van der Waals surface area (Å²) in [4.78, 5) is 1.03. The van der Waals surface area contributed by atoms with E-state index in [2.05, 4.69) is 36.3 Å². The van der Waals surface area contributed by atoms with Crippen molar-refractivity contribution >= 4 is 17.2 Å². The molecule has 0 saturated carbocycles. The van der Waals surface area contributed by atoms with E-state index in [4.69, 9.17) is 5.73 Å². The van der Waals surface area contributed by atoms with E-state index in [1.54, 1.807) is 16.0 Å². The molecule has 96 valence electrons. The fourth-order valence-electron chi connectivity index (χ4n) is 1.93. The van der Waals surface area contributed by atoms with Crippen molar-refractivity contribution in [1.29, 1.82) is 0 Å². The number of nitrogens with zero attached hydrogens (tertiary/aromatic N) is 3. The lowest BCUT2D eigenvalue weighted by molar-refractivity contribution is 0.809. The number of benzene rings is 1. The van der Waals surface area contributed by atoms with Crippen molar-refractivity contribution in [2.45, 2.75) is 13.8 Å². The third kappa shape index (κ3) is 2.02. The number of nitrogens with two attached hydrogens (primary N) is 1. The largest absolute Gasteiger partial charge is 0.382 e. The highest BCUT2D eigenvalue weighted by atomic mass is 32.1. The van der Waals surface area contributed by atoms with Crippen LogP contribution in [0.15, 0.2) is 35.7 Å². The van der Waals surface area contributed by atoms with E-state index < -0.39 is 0 Å². The van der Waals surface area contributed by atoms with Crippen molar-refractivity contribution < 1.29 is 0 Å². The van der Waals surface area contributed by atoms with Crippen molar-refractivity contribution in [2.75, 3.05) is 5.73 Å². The molecule has 0 fully saturated rings. The maximum absolute atomic E-state index is 6.16. The van der Waals surface area contributed by atoms with Crippen LogP contribution in [-0.2, 0) is 0 Å². The molecule has 0 unspecified atom stereocenters. The average molecular weight is 270 g/mol. The van der Waals surface area contributed by atoms with Crippen LogP contribution in [0.1, 0.15) is 11.1 Å². The third-order valence-electron chi connectivity index (χ3n) is 3.19. The Labute approximate surface area is 115 Å². The first-order chi connectivity index (χ1) is 9.16. The predicted molar refractivity (Wildman–Crippen MR) is 78.6 cm³/mol. The molecular formula is C14H14N4S. The molecule has 19 heavy (non-hydrogen) atoms. The maximum Gasteiger partial charge on any atom is 0.156 e. The smallest absolute Gasteiger partial charge is 0.156 e. The van der Waals surface area contributed by atoms with E-state index in [1.807, 2.05) is 23.6 Å². The Kier molecular flexibility index (Phi) is 2.83. The van der Waals surface area contributed by atoms with Gasteiger partial charge in [0, 0.05) is 0 Å². The molecular weight excluding hydrogens is 256 g/mol. The van der Waals surface area contributed by atoms with Gasteiger partial charge in [-0.1, -0.05) is 17.3 Å². The summed E-state index contributed by atoms with van der Waals surface area (Å²) < 4.78 is 1.68. The van der Waals surface area contributed by atoms with Crippen LogP contribution in [0.25, 0.3) is 16.3 Å². The Morgan fingerprint density at radius 3 is 2.68 bits per heavy atom. The summed E-state index contributed by atoms with van der Waals surface area (Å²) in [5, 5.41) is 10.3. The highest BCUT2D eigenvalue weighted by Gasteiger charge is 2.13. The molecule has 5 heteroatoms. The number of aromatic nitrogens is 3. The Bertz CT molecular complexity index is 713. The maximum atomic E-state index is 6.16. The Balaban J connectivity index is 2.09. The molecule has 2 N–H and O–H groups in total. The fraction of sp³-hybridized carbons (Fsp3) is 0.143. The molecule has 0 aliphatic heterocycles. The lowest BCUT2D eigenvalue weighted by Crippen LogP contribution is -2.02. The van der Waals surface area contributed by atoms with E-state index in [0.29, 0.717) is 5.82 Å². The summed E-state index contributed by atoms with van der Waals surface area (Å²) in [7, 11) is 0. The topological polar surface area (TPSA) is 56.7 Å². The number of hydrogen-bond acceptors (Lipinski definition) is 4. The molecule has 2 heterocycles. The van der Waals surface area contributed by atoms with Gasteiger partial charge in [-0.3, -0.25) is 0 Å². The second-order valence-electron chi connectivity index (χ2n) is 4.48. The number of anilines is 1.